The van der Waals surface area contributed by atoms with Crippen molar-refractivity contribution >= 4 is 22.4 Å². The second kappa shape index (κ2) is 7.95. The normalized spacial score (nSPS) is 22.1. The van der Waals surface area contributed by atoms with E-state index in [0.29, 0.717) is 12.5 Å². The number of methoxy groups -OCH3 is 1. The zero-order valence-corrected chi connectivity index (χ0v) is 14.4. The van der Waals surface area contributed by atoms with E-state index in [0.717, 1.165) is 5.92 Å². The van der Waals surface area contributed by atoms with Crippen LogP contribution in [0.1, 0.15) is 43.4 Å². The Morgan fingerprint density at radius 1 is 1.29 bits per heavy atom. The Labute approximate surface area is 135 Å². The number of fused-ring (bicyclic) bond motifs is 1. The third kappa shape index (κ3) is 4.30. The van der Waals surface area contributed by atoms with Gasteiger partial charge in [0.05, 0.1) is 7.11 Å². The van der Waals surface area contributed by atoms with Crippen LogP contribution in [0, 0.1) is 5.92 Å². The summed E-state index contributed by atoms with van der Waals surface area (Å²) in [5.41, 5.74) is 3.14. The molecule has 0 saturated carbocycles. The fraction of sp³-hybridized carbons (Fsp3) is 0.588. The molecule has 0 aromatic heterocycles. The molecular weight excluding hydrogens is 330 g/mol. The van der Waals surface area contributed by atoms with Crippen molar-refractivity contribution in [2.45, 2.75) is 38.6 Å². The van der Waals surface area contributed by atoms with Crippen molar-refractivity contribution in [1.82, 2.24) is 4.90 Å². The summed E-state index contributed by atoms with van der Waals surface area (Å²) in [4.78, 5) is 11.7. The van der Waals surface area contributed by atoms with Gasteiger partial charge in [-0.15, -0.1) is 0 Å². The van der Waals surface area contributed by atoms with Gasteiger partial charge in [0.25, 0.3) is 6.47 Å². The quantitative estimate of drug-likeness (QED) is 0.753. The first-order valence-corrected chi connectivity index (χ1v) is 8.43. The number of rotatable bonds is 2. The summed E-state index contributed by atoms with van der Waals surface area (Å²) in [5.74, 6) is 0.928. The van der Waals surface area contributed by atoms with Crippen LogP contribution in [0.3, 0.4) is 0 Å². The molecule has 0 amide bonds. The summed E-state index contributed by atoms with van der Waals surface area (Å²) in [6, 6.07) is 7.53. The molecule has 1 aromatic carbocycles. The first-order chi connectivity index (χ1) is 10.2. The van der Waals surface area contributed by atoms with Crippen LogP contribution in [-0.2, 0) is 16.0 Å². The Morgan fingerprint density at radius 3 is 2.57 bits per heavy atom. The van der Waals surface area contributed by atoms with Crippen LogP contribution in [0.5, 0.6) is 0 Å². The Morgan fingerprint density at radius 2 is 1.95 bits per heavy atom. The number of piperidine rings is 1. The Bertz CT molecular complexity index is 470. The van der Waals surface area contributed by atoms with Gasteiger partial charge in [0, 0.05) is 10.5 Å². The fourth-order valence-electron chi connectivity index (χ4n) is 3.28. The number of likely N-dealkylation sites (tertiary alicyclic amines) is 1. The molecule has 2 aliphatic rings. The Hall–Kier alpha value is -0.870. The summed E-state index contributed by atoms with van der Waals surface area (Å²) in [7, 11) is 1.31. The van der Waals surface area contributed by atoms with Crippen molar-refractivity contribution in [2.24, 2.45) is 5.92 Å². The van der Waals surface area contributed by atoms with Crippen molar-refractivity contribution in [3.63, 3.8) is 0 Å². The van der Waals surface area contributed by atoms with E-state index in [1.807, 2.05) is 0 Å². The summed E-state index contributed by atoms with van der Waals surface area (Å²) in [5, 5.41) is 0. The van der Waals surface area contributed by atoms with E-state index in [2.05, 4.69) is 50.7 Å². The fourth-order valence-corrected chi connectivity index (χ4v) is 3.69. The number of carbonyl (C=O) groups excluding carboxylic acids is 1. The molecule has 1 aliphatic heterocycles. The number of hydrogen-bond acceptors (Lipinski definition) is 3. The number of carbonyl (C=O) groups is 1. The average molecular weight is 354 g/mol. The molecule has 3 nitrogen and oxygen atoms in total. The maximum Gasteiger partial charge on any atom is 0.292 e. The molecule has 0 radical (unpaired) electrons. The zero-order valence-electron chi connectivity index (χ0n) is 12.8. The van der Waals surface area contributed by atoms with Gasteiger partial charge in [-0.05, 0) is 68.0 Å². The van der Waals surface area contributed by atoms with E-state index < -0.39 is 0 Å². The standard InChI is InChI=1S/C15H20BrN.C2H4O2/c1-11-6-8-17(9-7-11)15-5-2-12-10-13(16)3-4-14(12)15;1-4-2-3/h3-4,10-11,15H,2,5-9H2,1H3;2H,1H3. The molecule has 1 heterocycles. The first-order valence-electron chi connectivity index (χ1n) is 7.64. The van der Waals surface area contributed by atoms with Crippen molar-refractivity contribution < 1.29 is 9.53 Å². The second-order valence-corrected chi connectivity index (χ2v) is 6.86. The van der Waals surface area contributed by atoms with Crippen molar-refractivity contribution in [2.75, 3.05) is 20.2 Å². The van der Waals surface area contributed by atoms with Crippen LogP contribution in [-0.4, -0.2) is 31.6 Å². The Balaban J connectivity index is 0.000000361. The minimum atomic E-state index is 0.375. The molecule has 0 bridgehead atoms. The highest BCUT2D eigenvalue weighted by Crippen LogP contribution is 2.38. The lowest BCUT2D eigenvalue weighted by Gasteiger charge is -2.35. The predicted molar refractivity (Wildman–Crippen MR) is 88.2 cm³/mol. The molecule has 1 atom stereocenters. The summed E-state index contributed by atoms with van der Waals surface area (Å²) in [6.07, 6.45) is 5.33. The molecule has 1 fully saturated rings. The number of ether oxygens (including phenoxy) is 1. The average Bonchev–Trinajstić information content (AvgIpc) is 2.91. The van der Waals surface area contributed by atoms with Crippen LogP contribution in [0.2, 0.25) is 0 Å². The Kier molecular flexibility index (Phi) is 6.24. The van der Waals surface area contributed by atoms with Crippen LogP contribution >= 0.6 is 15.9 Å². The molecule has 4 heteroatoms. The monoisotopic (exact) mass is 353 g/mol. The van der Waals surface area contributed by atoms with Gasteiger partial charge in [-0.2, -0.15) is 0 Å². The van der Waals surface area contributed by atoms with Gasteiger partial charge in [0.1, 0.15) is 0 Å². The minimum absolute atomic E-state index is 0.375. The van der Waals surface area contributed by atoms with Crippen LogP contribution in [0.15, 0.2) is 22.7 Å². The lowest BCUT2D eigenvalue weighted by atomic mass is 9.96. The highest BCUT2D eigenvalue weighted by atomic mass is 79.9. The molecule has 1 saturated heterocycles. The van der Waals surface area contributed by atoms with Gasteiger partial charge in [0.2, 0.25) is 0 Å². The number of aryl methyl sites for hydroxylation is 1. The number of hydrogen-bond donors (Lipinski definition) is 0. The third-order valence-electron chi connectivity index (χ3n) is 4.51. The number of halogens is 1. The SMILES string of the molecule is CC1CCN(C2CCc3cc(Br)ccc32)CC1.COC=O. The van der Waals surface area contributed by atoms with Gasteiger partial charge >= 0.3 is 0 Å². The van der Waals surface area contributed by atoms with Crippen LogP contribution < -0.4 is 0 Å². The van der Waals surface area contributed by atoms with Gasteiger partial charge in [-0.1, -0.05) is 28.9 Å². The number of nitrogens with zero attached hydrogens (tertiary/aromatic N) is 1. The predicted octanol–water partition coefficient (Wildman–Crippen LogP) is 3.96. The van der Waals surface area contributed by atoms with Crippen LogP contribution in [0.4, 0.5) is 0 Å². The molecule has 21 heavy (non-hydrogen) atoms. The lowest BCUT2D eigenvalue weighted by molar-refractivity contribution is -0.126. The molecule has 0 spiro atoms. The summed E-state index contributed by atoms with van der Waals surface area (Å²) >= 11 is 3.58. The molecule has 0 N–H and O–H groups in total. The summed E-state index contributed by atoms with van der Waals surface area (Å²) < 4.78 is 5.09. The minimum Gasteiger partial charge on any atom is -0.471 e. The zero-order chi connectivity index (χ0) is 15.2. The molecule has 1 unspecified atom stereocenters. The van der Waals surface area contributed by atoms with Gasteiger partial charge in [-0.3, -0.25) is 9.69 Å². The van der Waals surface area contributed by atoms with Gasteiger partial charge in [-0.25, -0.2) is 0 Å². The topological polar surface area (TPSA) is 29.5 Å². The maximum atomic E-state index is 8.95. The molecule has 1 aliphatic carbocycles. The molecular formula is C17H24BrNO2. The third-order valence-corrected chi connectivity index (χ3v) is 5.00. The first kappa shape index (κ1) is 16.5. The largest absolute Gasteiger partial charge is 0.471 e. The molecule has 1 aromatic rings. The van der Waals surface area contributed by atoms with Crippen molar-refractivity contribution in [3.05, 3.63) is 33.8 Å². The number of benzene rings is 1. The lowest BCUT2D eigenvalue weighted by Crippen LogP contribution is -2.35. The molecule has 116 valence electrons. The van der Waals surface area contributed by atoms with E-state index in [1.165, 1.54) is 50.4 Å². The van der Waals surface area contributed by atoms with Crippen LogP contribution in [0.25, 0.3) is 0 Å². The van der Waals surface area contributed by atoms with E-state index in [-0.39, 0.29) is 0 Å². The van der Waals surface area contributed by atoms with E-state index in [9.17, 15) is 0 Å². The van der Waals surface area contributed by atoms with Crippen molar-refractivity contribution in [1.29, 1.82) is 0 Å². The van der Waals surface area contributed by atoms with E-state index in [4.69, 9.17) is 4.79 Å². The molecule has 3 rings (SSSR count). The van der Waals surface area contributed by atoms with Gasteiger partial charge < -0.3 is 4.74 Å². The second-order valence-electron chi connectivity index (χ2n) is 5.95. The van der Waals surface area contributed by atoms with Gasteiger partial charge in [0.15, 0.2) is 0 Å². The highest BCUT2D eigenvalue weighted by molar-refractivity contribution is 9.10. The van der Waals surface area contributed by atoms with E-state index in [1.54, 1.807) is 11.1 Å². The van der Waals surface area contributed by atoms with Crippen molar-refractivity contribution in [3.8, 4) is 0 Å². The smallest absolute Gasteiger partial charge is 0.292 e. The maximum absolute atomic E-state index is 8.95. The summed E-state index contributed by atoms with van der Waals surface area (Å²) in [6.45, 7) is 5.35. The highest BCUT2D eigenvalue weighted by Gasteiger charge is 2.29. The van der Waals surface area contributed by atoms with E-state index >= 15 is 0 Å².